The van der Waals surface area contributed by atoms with E-state index in [2.05, 4.69) is 0 Å². The number of hydrogen-bond donors (Lipinski definition) is 2. The summed E-state index contributed by atoms with van der Waals surface area (Å²) in [4.78, 5) is 0. The molecule has 0 spiro atoms. The molecule has 0 bridgehead atoms. The number of aliphatic hydroxyl groups excluding tert-OH is 2. The van der Waals surface area contributed by atoms with Crippen LogP contribution in [0.25, 0.3) is 0 Å². The number of ether oxygens (including phenoxy) is 2. The lowest BCUT2D eigenvalue weighted by Gasteiger charge is -2.27. The van der Waals surface area contributed by atoms with Crippen molar-refractivity contribution in [3.8, 4) is 11.5 Å². The molecule has 8 heteroatoms. The van der Waals surface area contributed by atoms with E-state index in [0.29, 0.717) is 31.8 Å². The zero-order valence-corrected chi connectivity index (χ0v) is 24.7. The van der Waals surface area contributed by atoms with Crippen molar-refractivity contribution < 1.29 is 28.8 Å². The van der Waals surface area contributed by atoms with Crippen LogP contribution in [0.3, 0.4) is 0 Å². The van der Waals surface area contributed by atoms with E-state index in [1.165, 1.54) is 0 Å². The Labute approximate surface area is 246 Å². The molecule has 2 N–H and O–H groups in total. The summed E-state index contributed by atoms with van der Waals surface area (Å²) < 4.78 is 43.0. The Hall–Kier alpha value is -3.92. The molecule has 0 amide bonds. The molecule has 214 valence electrons. The fraction of sp³-hybridized carbons (Fsp3) is 0.118. The molecule has 0 unspecified atom stereocenters. The highest BCUT2D eigenvalue weighted by atomic mass is 31.2. The first-order valence-corrected chi connectivity index (χ1v) is 17.0. The highest BCUT2D eigenvalue weighted by Crippen LogP contribution is 2.50. The average molecular weight is 599 g/mol. The first-order valence-electron chi connectivity index (χ1n) is 13.6. The van der Waals surface area contributed by atoms with Gasteiger partial charge in [0.15, 0.2) is 14.3 Å². The Balaban J connectivity index is 1.87. The van der Waals surface area contributed by atoms with Crippen LogP contribution in [0.4, 0.5) is 0 Å². The number of aliphatic hydroxyl groups is 2. The number of rotatable bonds is 12. The Bertz CT molecular complexity index is 1480. The molecule has 0 aliphatic heterocycles. The standard InChI is InChI=1S/C34H32O6P2/c35-21-23-39-31-26-34(42(38,29-17-9-3-10-18-29)30-19-11-4-12-20-30)32(40-24-22-36)25-33(31)41(37,27-13-5-1-6-14-27)28-15-7-2-8-16-28/h1-20,25-26,35-36H,21-24H2. The maximum atomic E-state index is 15.4. The Kier molecular flexibility index (Phi) is 9.41. The van der Waals surface area contributed by atoms with Crippen LogP contribution in [-0.2, 0) is 9.13 Å². The molecule has 0 fully saturated rings. The van der Waals surface area contributed by atoms with Gasteiger partial charge in [-0.05, 0) is 12.1 Å². The topological polar surface area (TPSA) is 93.1 Å². The minimum Gasteiger partial charge on any atom is -0.490 e. The van der Waals surface area contributed by atoms with Gasteiger partial charge in [-0.25, -0.2) is 0 Å². The second kappa shape index (κ2) is 13.4. The fourth-order valence-electron chi connectivity index (χ4n) is 4.98. The van der Waals surface area contributed by atoms with E-state index in [-0.39, 0.29) is 37.9 Å². The molecule has 5 rings (SSSR count). The van der Waals surface area contributed by atoms with Gasteiger partial charge in [0.2, 0.25) is 0 Å². The first-order chi connectivity index (χ1) is 20.5. The highest BCUT2D eigenvalue weighted by Gasteiger charge is 2.38. The molecule has 0 saturated carbocycles. The molecule has 5 aromatic carbocycles. The maximum Gasteiger partial charge on any atom is 0.174 e. The molecule has 0 saturated heterocycles. The first kappa shape index (κ1) is 29.6. The van der Waals surface area contributed by atoms with Crippen LogP contribution in [0.1, 0.15) is 0 Å². The second-order valence-corrected chi connectivity index (χ2v) is 15.0. The van der Waals surface area contributed by atoms with Crippen LogP contribution < -0.4 is 41.3 Å². The van der Waals surface area contributed by atoms with Gasteiger partial charge in [0.1, 0.15) is 24.7 Å². The van der Waals surface area contributed by atoms with Crippen LogP contribution in [-0.4, -0.2) is 36.6 Å². The summed E-state index contributed by atoms with van der Waals surface area (Å²) in [6.45, 7) is -0.664. The van der Waals surface area contributed by atoms with Crippen molar-refractivity contribution in [2.75, 3.05) is 26.4 Å². The quantitative estimate of drug-likeness (QED) is 0.213. The van der Waals surface area contributed by atoms with Crippen LogP contribution in [0, 0.1) is 0 Å². The van der Waals surface area contributed by atoms with Crippen molar-refractivity contribution >= 4 is 46.1 Å². The van der Waals surface area contributed by atoms with Gasteiger partial charge in [-0.15, -0.1) is 0 Å². The lowest BCUT2D eigenvalue weighted by Crippen LogP contribution is -2.31. The van der Waals surface area contributed by atoms with E-state index >= 15 is 9.13 Å². The van der Waals surface area contributed by atoms with Crippen molar-refractivity contribution in [1.82, 2.24) is 0 Å². The summed E-state index contributed by atoms with van der Waals surface area (Å²) in [5, 5.41) is 22.4. The van der Waals surface area contributed by atoms with Crippen molar-refractivity contribution in [3.63, 3.8) is 0 Å². The molecule has 0 atom stereocenters. The van der Waals surface area contributed by atoms with Crippen molar-refractivity contribution in [2.24, 2.45) is 0 Å². The summed E-state index contributed by atoms with van der Waals surface area (Å²) in [5.74, 6) is 0.469. The lowest BCUT2D eigenvalue weighted by atomic mass is 10.3. The normalized spacial score (nSPS) is 11.7. The summed E-state index contributed by atoms with van der Waals surface area (Å²) >= 11 is 0. The van der Waals surface area contributed by atoms with Gasteiger partial charge < -0.3 is 28.8 Å². The molecular formula is C34H32O6P2. The largest absolute Gasteiger partial charge is 0.490 e. The van der Waals surface area contributed by atoms with Gasteiger partial charge in [0.05, 0.1) is 23.8 Å². The van der Waals surface area contributed by atoms with Crippen LogP contribution >= 0.6 is 14.3 Å². The van der Waals surface area contributed by atoms with Gasteiger partial charge >= 0.3 is 0 Å². The molecular weight excluding hydrogens is 566 g/mol. The minimum atomic E-state index is -3.57. The third kappa shape index (κ3) is 5.72. The van der Waals surface area contributed by atoms with Gasteiger partial charge in [-0.1, -0.05) is 121 Å². The summed E-state index contributed by atoms with van der Waals surface area (Å²) in [5.41, 5.74) is 0. The van der Waals surface area contributed by atoms with E-state index in [4.69, 9.17) is 9.47 Å². The van der Waals surface area contributed by atoms with E-state index in [1.807, 2.05) is 121 Å². The summed E-state index contributed by atoms with van der Waals surface area (Å²) in [7, 11) is -7.14. The summed E-state index contributed by atoms with van der Waals surface area (Å²) in [6.07, 6.45) is 0. The van der Waals surface area contributed by atoms with Gasteiger partial charge in [-0.3, -0.25) is 0 Å². The average Bonchev–Trinajstić information content (AvgIpc) is 3.07. The van der Waals surface area contributed by atoms with Gasteiger partial charge in [0.25, 0.3) is 0 Å². The number of hydrogen-bond acceptors (Lipinski definition) is 6. The zero-order chi connectivity index (χ0) is 29.4. The van der Waals surface area contributed by atoms with Gasteiger partial charge in [-0.2, -0.15) is 0 Å². The molecule has 0 heterocycles. The van der Waals surface area contributed by atoms with E-state index in [0.717, 1.165) is 0 Å². The zero-order valence-electron chi connectivity index (χ0n) is 23.0. The van der Waals surface area contributed by atoms with Crippen LogP contribution in [0.2, 0.25) is 0 Å². The lowest BCUT2D eigenvalue weighted by molar-refractivity contribution is 0.199. The molecule has 42 heavy (non-hydrogen) atoms. The molecule has 6 nitrogen and oxygen atoms in total. The minimum absolute atomic E-state index is 0.0617. The van der Waals surface area contributed by atoms with Crippen molar-refractivity contribution in [2.45, 2.75) is 0 Å². The molecule has 0 aromatic heterocycles. The molecule has 5 aromatic rings. The van der Waals surface area contributed by atoms with Crippen molar-refractivity contribution in [3.05, 3.63) is 133 Å². The monoisotopic (exact) mass is 598 g/mol. The third-order valence-electron chi connectivity index (χ3n) is 6.90. The smallest absolute Gasteiger partial charge is 0.174 e. The Morgan fingerprint density at radius 3 is 0.952 bits per heavy atom. The predicted octanol–water partition coefficient (Wildman–Crippen LogP) is 3.71. The molecule has 0 radical (unpaired) electrons. The van der Waals surface area contributed by atoms with Crippen LogP contribution in [0.15, 0.2) is 133 Å². The second-order valence-electron chi connectivity index (χ2n) is 9.49. The third-order valence-corrected chi connectivity index (χ3v) is 13.1. The molecule has 0 aliphatic rings. The highest BCUT2D eigenvalue weighted by molar-refractivity contribution is 7.86. The van der Waals surface area contributed by atoms with E-state index in [9.17, 15) is 10.2 Å². The van der Waals surface area contributed by atoms with Crippen molar-refractivity contribution in [1.29, 1.82) is 0 Å². The number of benzene rings is 5. The fourth-order valence-corrected chi connectivity index (χ4v) is 10.5. The van der Waals surface area contributed by atoms with E-state index in [1.54, 1.807) is 12.1 Å². The Morgan fingerprint density at radius 1 is 0.452 bits per heavy atom. The molecule has 0 aliphatic carbocycles. The van der Waals surface area contributed by atoms with Crippen LogP contribution in [0.5, 0.6) is 11.5 Å². The summed E-state index contributed by atoms with van der Waals surface area (Å²) in [6, 6.07) is 39.8. The van der Waals surface area contributed by atoms with Gasteiger partial charge in [0, 0.05) is 21.2 Å². The van der Waals surface area contributed by atoms with E-state index < -0.39 is 14.3 Å². The maximum absolute atomic E-state index is 15.4. The predicted molar refractivity (Wildman–Crippen MR) is 170 cm³/mol. The SMILES string of the molecule is O=P(c1ccccc1)(c1ccccc1)c1cc(OCCO)c(P(=O)(c2ccccc2)c2ccccc2)cc1OCCO. The Morgan fingerprint density at radius 2 is 0.714 bits per heavy atom.